The second kappa shape index (κ2) is 4.60. The number of sulfonamides is 1. The molecule has 0 aliphatic carbocycles. The van der Waals surface area contributed by atoms with E-state index in [1.807, 2.05) is 12.1 Å². The summed E-state index contributed by atoms with van der Waals surface area (Å²) in [4.78, 5) is 8.17. The summed E-state index contributed by atoms with van der Waals surface area (Å²) in [6.45, 7) is 0. The highest BCUT2D eigenvalue weighted by atomic mass is 32.2. The number of aromatic nitrogens is 2. The Hall–Kier alpha value is -1.79. The van der Waals surface area contributed by atoms with Crippen LogP contribution in [-0.4, -0.2) is 25.4 Å². The molecule has 0 radical (unpaired) electrons. The van der Waals surface area contributed by atoms with Crippen LogP contribution in [0.15, 0.2) is 47.8 Å². The zero-order valence-corrected chi connectivity index (χ0v) is 9.98. The van der Waals surface area contributed by atoms with E-state index in [9.17, 15) is 8.42 Å². The summed E-state index contributed by atoms with van der Waals surface area (Å²) in [5, 5.41) is 0. The van der Waals surface area contributed by atoms with Crippen molar-refractivity contribution in [1.82, 2.24) is 14.7 Å². The third-order valence-corrected chi connectivity index (χ3v) is 3.69. The Balaban J connectivity index is 2.38. The van der Waals surface area contributed by atoms with E-state index in [0.717, 1.165) is 5.56 Å². The van der Waals surface area contributed by atoms with Gasteiger partial charge >= 0.3 is 0 Å². The first kappa shape index (κ1) is 11.7. The first-order chi connectivity index (χ1) is 8.13. The van der Waals surface area contributed by atoms with Crippen molar-refractivity contribution in [2.45, 2.75) is 4.90 Å². The number of hydrogen-bond donors (Lipinski definition) is 1. The van der Waals surface area contributed by atoms with Gasteiger partial charge in [0.05, 0.1) is 5.69 Å². The topological polar surface area (TPSA) is 72.0 Å². The van der Waals surface area contributed by atoms with Gasteiger partial charge in [-0.05, 0) is 31.3 Å². The summed E-state index contributed by atoms with van der Waals surface area (Å²) in [5.74, 6) is 0. The number of rotatable bonds is 3. The fourth-order valence-corrected chi connectivity index (χ4v) is 2.02. The molecule has 0 bridgehead atoms. The Kier molecular flexibility index (Phi) is 3.16. The normalized spacial score (nSPS) is 11.4. The lowest BCUT2D eigenvalue weighted by atomic mass is 10.2. The van der Waals surface area contributed by atoms with E-state index < -0.39 is 10.0 Å². The molecule has 17 heavy (non-hydrogen) atoms. The zero-order valence-electron chi connectivity index (χ0n) is 9.16. The molecule has 0 atom stereocenters. The van der Waals surface area contributed by atoms with Crippen LogP contribution in [0.5, 0.6) is 0 Å². The molecule has 0 aliphatic rings. The third-order valence-electron chi connectivity index (χ3n) is 2.29. The smallest absolute Gasteiger partial charge is 0.241 e. The van der Waals surface area contributed by atoms with E-state index in [-0.39, 0.29) is 4.90 Å². The molecule has 0 saturated heterocycles. The lowest BCUT2D eigenvalue weighted by Gasteiger charge is -2.03. The summed E-state index contributed by atoms with van der Waals surface area (Å²) in [6.07, 6.45) is 4.66. The van der Waals surface area contributed by atoms with E-state index in [1.165, 1.54) is 19.3 Å². The first-order valence-electron chi connectivity index (χ1n) is 4.93. The number of nitrogens with zero attached hydrogens (tertiary/aromatic N) is 2. The van der Waals surface area contributed by atoms with Gasteiger partial charge in [0.15, 0.2) is 0 Å². The van der Waals surface area contributed by atoms with Gasteiger partial charge in [0, 0.05) is 24.2 Å². The maximum atomic E-state index is 11.5. The number of pyridine rings is 2. The van der Waals surface area contributed by atoms with E-state index in [4.69, 9.17) is 0 Å². The fourth-order valence-electron chi connectivity index (χ4n) is 1.35. The van der Waals surface area contributed by atoms with E-state index in [0.29, 0.717) is 5.69 Å². The van der Waals surface area contributed by atoms with Gasteiger partial charge in [-0.15, -0.1) is 0 Å². The molecule has 1 N–H and O–H groups in total. The van der Waals surface area contributed by atoms with E-state index in [1.54, 1.807) is 18.5 Å². The SMILES string of the molecule is CNS(=O)(=O)c1ccc(-c2ccncc2)nc1. The average molecular weight is 249 g/mol. The standard InChI is InChI=1S/C11H11N3O2S/c1-12-17(15,16)10-2-3-11(14-8-10)9-4-6-13-7-5-9/h2-8,12H,1H3. The van der Waals surface area contributed by atoms with Crippen LogP contribution in [0.1, 0.15) is 0 Å². The van der Waals surface area contributed by atoms with Crippen molar-refractivity contribution in [1.29, 1.82) is 0 Å². The van der Waals surface area contributed by atoms with Crippen LogP contribution in [0, 0.1) is 0 Å². The average Bonchev–Trinajstić information content (AvgIpc) is 2.40. The molecule has 5 nitrogen and oxygen atoms in total. The highest BCUT2D eigenvalue weighted by Crippen LogP contribution is 2.17. The highest BCUT2D eigenvalue weighted by molar-refractivity contribution is 7.89. The predicted octanol–water partition coefficient (Wildman–Crippen LogP) is 1.05. The highest BCUT2D eigenvalue weighted by Gasteiger charge is 2.11. The van der Waals surface area contributed by atoms with Crippen LogP contribution >= 0.6 is 0 Å². The zero-order chi connectivity index (χ0) is 12.3. The maximum Gasteiger partial charge on any atom is 0.241 e. The minimum Gasteiger partial charge on any atom is -0.265 e. The maximum absolute atomic E-state index is 11.5. The van der Waals surface area contributed by atoms with Crippen molar-refractivity contribution in [2.24, 2.45) is 0 Å². The minimum atomic E-state index is -3.42. The van der Waals surface area contributed by atoms with Gasteiger partial charge in [-0.3, -0.25) is 9.97 Å². The molecule has 2 heterocycles. The van der Waals surface area contributed by atoms with Gasteiger partial charge in [-0.1, -0.05) is 0 Å². The van der Waals surface area contributed by atoms with Crippen LogP contribution in [0.4, 0.5) is 0 Å². The van der Waals surface area contributed by atoms with Crippen LogP contribution < -0.4 is 4.72 Å². The van der Waals surface area contributed by atoms with Crippen molar-refractivity contribution < 1.29 is 8.42 Å². The van der Waals surface area contributed by atoms with Gasteiger partial charge < -0.3 is 0 Å². The van der Waals surface area contributed by atoms with Crippen LogP contribution in [-0.2, 0) is 10.0 Å². The van der Waals surface area contributed by atoms with Gasteiger partial charge in [0.2, 0.25) is 10.0 Å². The lowest BCUT2D eigenvalue weighted by Crippen LogP contribution is -2.18. The van der Waals surface area contributed by atoms with Gasteiger partial charge in [-0.25, -0.2) is 13.1 Å². The quantitative estimate of drug-likeness (QED) is 0.882. The second-order valence-electron chi connectivity index (χ2n) is 3.32. The monoisotopic (exact) mass is 249 g/mol. The molecule has 0 saturated carbocycles. The van der Waals surface area contributed by atoms with Crippen LogP contribution in [0.25, 0.3) is 11.3 Å². The Morgan fingerprint density at radius 3 is 2.35 bits per heavy atom. The summed E-state index contributed by atoms with van der Waals surface area (Å²) in [6, 6.07) is 6.82. The van der Waals surface area contributed by atoms with Crippen molar-refractivity contribution in [2.75, 3.05) is 7.05 Å². The van der Waals surface area contributed by atoms with Crippen LogP contribution in [0.2, 0.25) is 0 Å². The third kappa shape index (κ3) is 2.48. The van der Waals surface area contributed by atoms with Gasteiger partial charge in [0.1, 0.15) is 4.90 Å². The Morgan fingerprint density at radius 1 is 1.12 bits per heavy atom. The number of nitrogens with one attached hydrogen (secondary N) is 1. The molecule has 6 heteroatoms. The van der Waals surface area contributed by atoms with Crippen molar-refractivity contribution in [3.05, 3.63) is 42.9 Å². The molecular weight excluding hydrogens is 238 g/mol. The van der Waals surface area contributed by atoms with Crippen LogP contribution in [0.3, 0.4) is 0 Å². The minimum absolute atomic E-state index is 0.151. The Labute approximate surface area is 99.6 Å². The Morgan fingerprint density at radius 2 is 1.82 bits per heavy atom. The molecule has 0 fully saturated rings. The molecular formula is C11H11N3O2S. The largest absolute Gasteiger partial charge is 0.265 e. The molecule has 0 spiro atoms. The van der Waals surface area contributed by atoms with Gasteiger partial charge in [-0.2, -0.15) is 0 Å². The van der Waals surface area contributed by atoms with E-state index in [2.05, 4.69) is 14.7 Å². The molecule has 0 unspecified atom stereocenters. The lowest BCUT2D eigenvalue weighted by molar-refractivity contribution is 0.588. The Bertz CT molecular complexity index is 594. The molecule has 2 rings (SSSR count). The summed E-state index contributed by atoms with van der Waals surface area (Å²) < 4.78 is 25.2. The van der Waals surface area contributed by atoms with Crippen molar-refractivity contribution in [3.8, 4) is 11.3 Å². The molecule has 0 aromatic carbocycles. The first-order valence-corrected chi connectivity index (χ1v) is 6.42. The predicted molar refractivity (Wildman–Crippen MR) is 63.7 cm³/mol. The molecule has 0 aliphatic heterocycles. The van der Waals surface area contributed by atoms with E-state index >= 15 is 0 Å². The number of hydrogen-bond acceptors (Lipinski definition) is 4. The van der Waals surface area contributed by atoms with Crippen molar-refractivity contribution in [3.63, 3.8) is 0 Å². The fraction of sp³-hybridized carbons (Fsp3) is 0.0909. The van der Waals surface area contributed by atoms with Crippen molar-refractivity contribution >= 4 is 10.0 Å². The summed E-state index contributed by atoms with van der Waals surface area (Å²) >= 11 is 0. The van der Waals surface area contributed by atoms with Gasteiger partial charge in [0.25, 0.3) is 0 Å². The summed E-state index contributed by atoms with van der Waals surface area (Å²) in [5.41, 5.74) is 1.61. The molecule has 2 aromatic heterocycles. The second-order valence-corrected chi connectivity index (χ2v) is 5.21. The summed E-state index contributed by atoms with van der Waals surface area (Å²) in [7, 11) is -2.05. The molecule has 88 valence electrons. The molecule has 2 aromatic rings. The molecule has 0 amide bonds.